The molecule has 0 aliphatic rings. The Hall–Kier alpha value is -2.13. The number of primary amides is 1. The molecule has 0 unspecified atom stereocenters. The molecule has 1 aromatic carbocycles. The first-order chi connectivity index (χ1) is 8.93. The molecule has 0 aliphatic heterocycles. The fraction of sp³-hybridized carbons (Fsp3) is 0.300. The Labute approximate surface area is 108 Å². The maximum absolute atomic E-state index is 12.3. The van der Waals surface area contributed by atoms with Gasteiger partial charge < -0.3 is 16.2 Å². The molecule has 4 N–H and O–H groups in total. The third-order valence-electron chi connectivity index (χ3n) is 2.13. The number of alkyl halides is 6. The number of hydrogen-bond acceptors (Lipinski definition) is 3. The number of amides is 1. The minimum Gasteiger partial charge on any atom is -0.469 e. The predicted octanol–water partition coefficient (Wildman–Crippen LogP) is 2.24. The van der Waals surface area contributed by atoms with Gasteiger partial charge in [-0.1, -0.05) is 0 Å². The zero-order valence-electron chi connectivity index (χ0n) is 9.55. The van der Waals surface area contributed by atoms with Gasteiger partial charge in [0.2, 0.25) is 5.91 Å². The molecule has 4 nitrogen and oxygen atoms in total. The minimum absolute atomic E-state index is 0.176. The molecule has 0 saturated carbocycles. The maximum Gasteiger partial charge on any atom is 0.434 e. The predicted molar refractivity (Wildman–Crippen MR) is 55.9 cm³/mol. The number of nitrogens with two attached hydrogens (primary N) is 2. The molecule has 0 aromatic heterocycles. The molecule has 20 heavy (non-hydrogen) atoms. The lowest BCUT2D eigenvalue weighted by atomic mass is 10.2. The number of carbonyl (C=O) groups is 1. The van der Waals surface area contributed by atoms with E-state index in [1.807, 2.05) is 0 Å². The average Bonchev–Trinajstić information content (AvgIpc) is 2.23. The van der Waals surface area contributed by atoms with Crippen LogP contribution in [0.15, 0.2) is 18.2 Å². The highest BCUT2D eigenvalue weighted by atomic mass is 19.4. The van der Waals surface area contributed by atoms with Crippen molar-refractivity contribution in [3.63, 3.8) is 0 Å². The Balaban J connectivity index is 3.10. The second-order valence-corrected chi connectivity index (χ2v) is 3.70. The zero-order valence-corrected chi connectivity index (χ0v) is 9.55. The maximum atomic E-state index is 12.3. The smallest absolute Gasteiger partial charge is 0.434 e. The molecule has 0 radical (unpaired) electrons. The van der Waals surface area contributed by atoms with Crippen LogP contribution in [0.3, 0.4) is 0 Å². The lowest BCUT2D eigenvalue weighted by Crippen LogP contribution is -2.46. The Bertz CT molecular complexity index is 497. The Morgan fingerprint density at radius 2 is 1.60 bits per heavy atom. The molecule has 0 heterocycles. The van der Waals surface area contributed by atoms with Crippen LogP contribution in [-0.4, -0.2) is 24.4 Å². The van der Waals surface area contributed by atoms with E-state index in [2.05, 4.69) is 4.74 Å². The van der Waals surface area contributed by atoms with Crippen LogP contribution in [0.4, 0.5) is 32.0 Å². The van der Waals surface area contributed by atoms with Gasteiger partial charge in [-0.2, -0.15) is 26.3 Å². The van der Waals surface area contributed by atoms with Crippen LogP contribution in [0.2, 0.25) is 0 Å². The number of benzene rings is 1. The normalized spacial score (nSPS) is 12.6. The number of nitrogen functional groups attached to an aromatic ring is 1. The first-order valence-electron chi connectivity index (χ1n) is 4.92. The lowest BCUT2D eigenvalue weighted by molar-refractivity contribution is -0.299. The molecule has 112 valence electrons. The third-order valence-corrected chi connectivity index (χ3v) is 2.13. The second kappa shape index (κ2) is 5.10. The molecule has 0 fully saturated rings. The summed E-state index contributed by atoms with van der Waals surface area (Å²) in [7, 11) is 0. The monoisotopic (exact) mass is 302 g/mol. The van der Waals surface area contributed by atoms with Gasteiger partial charge in [0, 0.05) is 5.56 Å². The van der Waals surface area contributed by atoms with Gasteiger partial charge in [0.05, 0.1) is 5.69 Å². The second-order valence-electron chi connectivity index (χ2n) is 3.70. The van der Waals surface area contributed by atoms with E-state index in [-0.39, 0.29) is 5.56 Å². The highest BCUT2D eigenvalue weighted by molar-refractivity contribution is 5.94. The summed E-state index contributed by atoms with van der Waals surface area (Å²) < 4.78 is 77.6. The van der Waals surface area contributed by atoms with Crippen molar-refractivity contribution in [1.29, 1.82) is 0 Å². The number of carbonyl (C=O) groups excluding carboxylic acids is 1. The van der Waals surface area contributed by atoms with E-state index in [9.17, 15) is 31.1 Å². The van der Waals surface area contributed by atoms with Gasteiger partial charge in [-0.15, -0.1) is 0 Å². The molecular weight excluding hydrogens is 294 g/mol. The summed E-state index contributed by atoms with van der Waals surface area (Å²) in [4.78, 5) is 10.8. The van der Waals surface area contributed by atoms with Crippen LogP contribution in [0.5, 0.6) is 5.75 Å². The number of anilines is 1. The van der Waals surface area contributed by atoms with Gasteiger partial charge >= 0.3 is 12.4 Å². The summed E-state index contributed by atoms with van der Waals surface area (Å²) in [6, 6.07) is 2.43. The van der Waals surface area contributed by atoms with Crippen LogP contribution in [-0.2, 0) is 0 Å². The fourth-order valence-electron chi connectivity index (χ4n) is 1.26. The molecule has 0 aliphatic carbocycles. The highest BCUT2D eigenvalue weighted by Gasteiger charge is 2.59. The van der Waals surface area contributed by atoms with Crippen LogP contribution < -0.4 is 16.2 Å². The van der Waals surface area contributed by atoms with E-state index in [0.29, 0.717) is 6.07 Å². The van der Waals surface area contributed by atoms with Crippen molar-refractivity contribution in [3.05, 3.63) is 23.8 Å². The number of ether oxygens (including phenoxy) is 1. The number of hydrogen-bond donors (Lipinski definition) is 2. The lowest BCUT2D eigenvalue weighted by Gasteiger charge is -2.24. The Morgan fingerprint density at radius 3 is 1.95 bits per heavy atom. The highest BCUT2D eigenvalue weighted by Crippen LogP contribution is 2.37. The van der Waals surface area contributed by atoms with Crippen molar-refractivity contribution in [2.75, 3.05) is 5.73 Å². The summed E-state index contributed by atoms with van der Waals surface area (Å²) in [5.41, 5.74) is 9.36. The summed E-state index contributed by atoms with van der Waals surface area (Å²) in [5, 5.41) is 0. The first-order valence-corrected chi connectivity index (χ1v) is 4.92. The van der Waals surface area contributed by atoms with Gasteiger partial charge in [-0.3, -0.25) is 4.79 Å². The van der Waals surface area contributed by atoms with E-state index in [0.717, 1.165) is 12.1 Å². The molecule has 0 spiro atoms. The minimum atomic E-state index is -5.66. The molecule has 1 amide bonds. The SMILES string of the molecule is NC(=O)c1ccc(OC(C(F)(F)F)C(F)(F)F)c(N)c1. The summed E-state index contributed by atoms with van der Waals surface area (Å²) in [6.45, 7) is 0. The number of rotatable bonds is 3. The molecule has 0 bridgehead atoms. The molecule has 10 heteroatoms. The largest absolute Gasteiger partial charge is 0.469 e. The standard InChI is InChI=1S/C10H8F6N2O2/c11-9(12,13)8(10(14,15)16)20-6-2-1-4(7(18)19)3-5(6)17/h1-3,8H,17H2,(H2,18,19). The van der Waals surface area contributed by atoms with Crippen LogP contribution in [0, 0.1) is 0 Å². The van der Waals surface area contributed by atoms with Gasteiger partial charge in [-0.05, 0) is 18.2 Å². The van der Waals surface area contributed by atoms with Gasteiger partial charge in [0.25, 0.3) is 6.10 Å². The van der Waals surface area contributed by atoms with Crippen molar-refractivity contribution in [1.82, 2.24) is 0 Å². The Kier molecular flexibility index (Phi) is 4.06. The van der Waals surface area contributed by atoms with Crippen LogP contribution >= 0.6 is 0 Å². The van der Waals surface area contributed by atoms with Gasteiger partial charge in [-0.25, -0.2) is 0 Å². The number of halogens is 6. The summed E-state index contributed by atoms with van der Waals surface area (Å²) in [6.07, 6.45) is -15.3. The van der Waals surface area contributed by atoms with E-state index in [1.165, 1.54) is 0 Å². The molecule has 0 saturated heterocycles. The van der Waals surface area contributed by atoms with Crippen LogP contribution in [0.1, 0.15) is 10.4 Å². The van der Waals surface area contributed by atoms with Gasteiger partial charge in [0.1, 0.15) is 5.75 Å². The van der Waals surface area contributed by atoms with Crippen molar-refractivity contribution < 1.29 is 35.9 Å². The first kappa shape index (κ1) is 15.9. The molecular formula is C10H8F6N2O2. The summed E-state index contributed by atoms with van der Waals surface area (Å²) in [5.74, 6) is -1.79. The van der Waals surface area contributed by atoms with E-state index in [1.54, 1.807) is 0 Å². The quantitative estimate of drug-likeness (QED) is 0.664. The molecule has 0 atom stereocenters. The topological polar surface area (TPSA) is 78.3 Å². The van der Waals surface area contributed by atoms with E-state index >= 15 is 0 Å². The average molecular weight is 302 g/mol. The fourth-order valence-corrected chi connectivity index (χ4v) is 1.26. The Morgan fingerprint density at radius 1 is 1.10 bits per heavy atom. The van der Waals surface area contributed by atoms with Crippen LogP contribution in [0.25, 0.3) is 0 Å². The summed E-state index contributed by atoms with van der Waals surface area (Å²) >= 11 is 0. The van der Waals surface area contributed by atoms with E-state index in [4.69, 9.17) is 11.5 Å². The van der Waals surface area contributed by atoms with Crippen molar-refractivity contribution in [2.45, 2.75) is 18.5 Å². The van der Waals surface area contributed by atoms with Gasteiger partial charge in [0.15, 0.2) is 0 Å². The zero-order chi connectivity index (χ0) is 15.7. The molecule has 1 rings (SSSR count). The van der Waals surface area contributed by atoms with Crippen molar-refractivity contribution in [2.24, 2.45) is 5.73 Å². The third kappa shape index (κ3) is 3.68. The van der Waals surface area contributed by atoms with E-state index < -0.39 is 35.8 Å². The van der Waals surface area contributed by atoms with Crippen molar-refractivity contribution in [3.8, 4) is 5.75 Å². The van der Waals surface area contributed by atoms with Crippen molar-refractivity contribution >= 4 is 11.6 Å². The molecule has 1 aromatic rings.